The molecule has 1 unspecified atom stereocenters. The number of aromatic nitrogens is 4. The van der Waals surface area contributed by atoms with Crippen LogP contribution in [0.25, 0.3) is 17.1 Å². The third-order valence-electron chi connectivity index (χ3n) is 4.66. The zero-order chi connectivity index (χ0) is 22.5. The zero-order valence-corrected chi connectivity index (χ0v) is 19.0. The Labute approximate surface area is 194 Å². The summed E-state index contributed by atoms with van der Waals surface area (Å²) in [7, 11) is 1.54. The summed E-state index contributed by atoms with van der Waals surface area (Å²) in [5.74, 6) is 1.00. The summed E-state index contributed by atoms with van der Waals surface area (Å²) in [6.45, 7) is 1.81. The minimum absolute atomic E-state index is 0.205. The van der Waals surface area contributed by atoms with E-state index in [1.165, 1.54) is 11.8 Å². The van der Waals surface area contributed by atoms with Crippen molar-refractivity contribution in [3.8, 4) is 22.8 Å². The molecule has 32 heavy (non-hydrogen) atoms. The van der Waals surface area contributed by atoms with E-state index in [0.717, 1.165) is 11.3 Å². The van der Waals surface area contributed by atoms with E-state index in [1.54, 1.807) is 37.7 Å². The van der Waals surface area contributed by atoms with E-state index in [-0.39, 0.29) is 5.91 Å². The van der Waals surface area contributed by atoms with E-state index < -0.39 is 5.25 Å². The average molecular weight is 466 g/mol. The van der Waals surface area contributed by atoms with Crippen LogP contribution in [0.1, 0.15) is 6.92 Å². The van der Waals surface area contributed by atoms with Gasteiger partial charge in [0.15, 0.2) is 11.0 Å². The number of amides is 1. The summed E-state index contributed by atoms with van der Waals surface area (Å²) in [5.41, 5.74) is 2.29. The lowest BCUT2D eigenvalue weighted by molar-refractivity contribution is -0.115. The first-order valence-electron chi connectivity index (χ1n) is 9.79. The molecule has 0 fully saturated rings. The van der Waals surface area contributed by atoms with Crippen LogP contribution >= 0.6 is 23.4 Å². The number of thioether (sulfide) groups is 1. The number of halogens is 1. The predicted octanol–water partition coefficient (Wildman–Crippen LogP) is 5.11. The molecule has 2 heterocycles. The van der Waals surface area contributed by atoms with Crippen molar-refractivity contribution in [2.75, 3.05) is 12.4 Å². The van der Waals surface area contributed by atoms with E-state index in [9.17, 15) is 4.79 Å². The Bertz CT molecular complexity index is 1220. The maximum absolute atomic E-state index is 12.9. The standard InChI is InChI=1S/C23H20ClN5O2S/c1-15(22(30)26-19-14-17(24)8-9-20(19)31-2)32-23-28-27-21(16-10-12-25-13-11-16)29(23)18-6-4-3-5-7-18/h3-15H,1-2H3,(H,26,30). The summed E-state index contributed by atoms with van der Waals surface area (Å²) < 4.78 is 7.25. The van der Waals surface area contributed by atoms with Crippen molar-refractivity contribution < 1.29 is 9.53 Å². The number of nitrogens with one attached hydrogen (secondary N) is 1. The van der Waals surface area contributed by atoms with Gasteiger partial charge < -0.3 is 10.1 Å². The van der Waals surface area contributed by atoms with Crippen LogP contribution in [-0.4, -0.2) is 38.0 Å². The summed E-state index contributed by atoms with van der Waals surface area (Å²) in [6.07, 6.45) is 3.42. The number of hydrogen-bond donors (Lipinski definition) is 1. The minimum atomic E-state index is -0.462. The van der Waals surface area contributed by atoms with E-state index in [2.05, 4.69) is 20.5 Å². The Morgan fingerprint density at radius 2 is 1.84 bits per heavy atom. The number of methoxy groups -OCH3 is 1. The number of anilines is 1. The molecule has 0 aliphatic carbocycles. The second kappa shape index (κ2) is 9.84. The Kier molecular flexibility index (Phi) is 6.72. The van der Waals surface area contributed by atoms with Gasteiger partial charge in [-0.05, 0) is 49.4 Å². The second-order valence-electron chi connectivity index (χ2n) is 6.81. The van der Waals surface area contributed by atoms with Gasteiger partial charge >= 0.3 is 0 Å². The van der Waals surface area contributed by atoms with Crippen molar-refractivity contribution in [2.45, 2.75) is 17.3 Å². The van der Waals surface area contributed by atoms with Crippen molar-refractivity contribution in [1.29, 1.82) is 0 Å². The van der Waals surface area contributed by atoms with Crippen LogP contribution in [0, 0.1) is 0 Å². The summed E-state index contributed by atoms with van der Waals surface area (Å²) in [5, 5.41) is 12.3. The molecule has 1 amide bonds. The Morgan fingerprint density at radius 1 is 1.09 bits per heavy atom. The number of nitrogens with zero attached hydrogens (tertiary/aromatic N) is 4. The van der Waals surface area contributed by atoms with Crippen molar-refractivity contribution in [1.82, 2.24) is 19.7 Å². The lowest BCUT2D eigenvalue weighted by Crippen LogP contribution is -2.23. The first-order valence-corrected chi connectivity index (χ1v) is 11.0. The molecular weight excluding hydrogens is 446 g/mol. The normalized spacial score (nSPS) is 11.7. The van der Waals surface area contributed by atoms with Crippen molar-refractivity contribution in [2.24, 2.45) is 0 Å². The van der Waals surface area contributed by atoms with Crippen molar-refractivity contribution in [3.63, 3.8) is 0 Å². The van der Waals surface area contributed by atoms with Gasteiger partial charge in [0.05, 0.1) is 18.0 Å². The highest BCUT2D eigenvalue weighted by Crippen LogP contribution is 2.32. The van der Waals surface area contributed by atoms with E-state index in [1.807, 2.05) is 54.0 Å². The quantitative estimate of drug-likeness (QED) is 0.382. The molecule has 0 saturated heterocycles. The highest BCUT2D eigenvalue weighted by atomic mass is 35.5. The number of carbonyl (C=O) groups excluding carboxylic acids is 1. The van der Waals surface area contributed by atoms with Gasteiger partial charge in [0.25, 0.3) is 0 Å². The summed E-state index contributed by atoms with van der Waals surface area (Å²) in [6, 6.07) is 18.6. The molecule has 0 aliphatic heterocycles. The molecule has 1 N–H and O–H groups in total. The van der Waals surface area contributed by atoms with Crippen LogP contribution < -0.4 is 10.1 Å². The molecule has 4 aromatic rings. The summed E-state index contributed by atoms with van der Waals surface area (Å²) >= 11 is 7.39. The van der Waals surface area contributed by atoms with Gasteiger partial charge in [0.2, 0.25) is 5.91 Å². The Balaban J connectivity index is 1.62. The topological polar surface area (TPSA) is 81.9 Å². The molecule has 4 rings (SSSR count). The maximum atomic E-state index is 12.9. The van der Waals surface area contributed by atoms with Crippen LogP contribution in [0.5, 0.6) is 5.75 Å². The molecule has 0 saturated carbocycles. The van der Waals surface area contributed by atoms with Gasteiger partial charge in [0.1, 0.15) is 5.75 Å². The number of ether oxygens (including phenoxy) is 1. The smallest absolute Gasteiger partial charge is 0.237 e. The molecule has 7 nitrogen and oxygen atoms in total. The van der Waals surface area contributed by atoms with Crippen LogP contribution in [0.15, 0.2) is 78.2 Å². The average Bonchev–Trinajstić information content (AvgIpc) is 3.23. The number of pyridine rings is 1. The van der Waals surface area contributed by atoms with Crippen LogP contribution in [0.4, 0.5) is 5.69 Å². The fraction of sp³-hybridized carbons (Fsp3) is 0.130. The van der Waals surface area contributed by atoms with E-state index in [4.69, 9.17) is 16.3 Å². The van der Waals surface area contributed by atoms with Gasteiger partial charge in [-0.25, -0.2) is 0 Å². The fourth-order valence-electron chi connectivity index (χ4n) is 3.07. The minimum Gasteiger partial charge on any atom is -0.495 e. The molecule has 2 aromatic heterocycles. The van der Waals surface area contributed by atoms with Gasteiger partial charge in [0, 0.05) is 28.7 Å². The number of hydrogen-bond acceptors (Lipinski definition) is 6. The highest BCUT2D eigenvalue weighted by molar-refractivity contribution is 8.00. The number of rotatable bonds is 7. The first kappa shape index (κ1) is 21.9. The monoisotopic (exact) mass is 465 g/mol. The van der Waals surface area contributed by atoms with Crippen molar-refractivity contribution >= 4 is 35.0 Å². The lowest BCUT2D eigenvalue weighted by atomic mass is 10.2. The third kappa shape index (κ3) is 4.76. The maximum Gasteiger partial charge on any atom is 0.237 e. The SMILES string of the molecule is COc1ccc(Cl)cc1NC(=O)C(C)Sc1nnc(-c2ccncc2)n1-c1ccccc1. The molecular formula is C23H20ClN5O2S. The first-order chi connectivity index (χ1) is 15.6. The number of carbonyl (C=O) groups is 1. The summed E-state index contributed by atoms with van der Waals surface area (Å²) in [4.78, 5) is 17.0. The fourth-order valence-corrected chi connectivity index (χ4v) is 4.11. The Hall–Kier alpha value is -3.36. The molecule has 0 aliphatic rings. The predicted molar refractivity (Wildman–Crippen MR) is 127 cm³/mol. The number of para-hydroxylation sites is 1. The lowest BCUT2D eigenvalue weighted by Gasteiger charge is -2.15. The third-order valence-corrected chi connectivity index (χ3v) is 5.93. The van der Waals surface area contributed by atoms with Crippen LogP contribution in [0.2, 0.25) is 5.02 Å². The zero-order valence-electron chi connectivity index (χ0n) is 17.4. The van der Waals surface area contributed by atoms with E-state index >= 15 is 0 Å². The Morgan fingerprint density at radius 3 is 2.56 bits per heavy atom. The molecule has 2 aromatic carbocycles. The van der Waals surface area contributed by atoms with E-state index in [0.29, 0.717) is 27.4 Å². The van der Waals surface area contributed by atoms with Crippen LogP contribution in [-0.2, 0) is 4.79 Å². The molecule has 162 valence electrons. The molecule has 0 radical (unpaired) electrons. The largest absolute Gasteiger partial charge is 0.495 e. The van der Waals surface area contributed by atoms with Crippen LogP contribution in [0.3, 0.4) is 0 Å². The highest BCUT2D eigenvalue weighted by Gasteiger charge is 2.22. The van der Waals surface area contributed by atoms with Gasteiger partial charge in [-0.2, -0.15) is 0 Å². The molecule has 0 bridgehead atoms. The molecule has 1 atom stereocenters. The van der Waals surface area contributed by atoms with Gasteiger partial charge in [-0.15, -0.1) is 10.2 Å². The van der Waals surface area contributed by atoms with Gasteiger partial charge in [-0.1, -0.05) is 41.6 Å². The van der Waals surface area contributed by atoms with Gasteiger partial charge in [-0.3, -0.25) is 14.3 Å². The van der Waals surface area contributed by atoms with Crippen molar-refractivity contribution in [3.05, 3.63) is 78.1 Å². The molecule has 0 spiro atoms. The molecule has 9 heteroatoms. The number of benzene rings is 2. The second-order valence-corrected chi connectivity index (χ2v) is 8.55.